The van der Waals surface area contributed by atoms with Crippen molar-refractivity contribution in [3.63, 3.8) is 0 Å². The van der Waals surface area contributed by atoms with E-state index in [1.807, 2.05) is 54.6 Å². The van der Waals surface area contributed by atoms with Crippen LogP contribution < -0.4 is 11.1 Å². The van der Waals surface area contributed by atoms with Crippen molar-refractivity contribution in [3.8, 4) is 5.69 Å². The molecular weight excluding hydrogens is 467 g/mol. The molecule has 1 unspecified atom stereocenters. The number of hydrogen-bond acceptors (Lipinski definition) is 4. The molecule has 37 heavy (non-hydrogen) atoms. The minimum atomic E-state index is -1.29. The Morgan fingerprint density at radius 1 is 1.08 bits per heavy atom. The first kappa shape index (κ1) is 24.9. The molecule has 6 nitrogen and oxygen atoms in total. The van der Waals surface area contributed by atoms with Crippen LogP contribution in [0.1, 0.15) is 58.6 Å². The molecule has 1 aliphatic rings. The zero-order valence-electron chi connectivity index (χ0n) is 20.8. The zero-order chi connectivity index (χ0) is 26.0. The van der Waals surface area contributed by atoms with E-state index in [1.165, 1.54) is 29.7 Å². The van der Waals surface area contributed by atoms with Crippen LogP contribution in [0.3, 0.4) is 0 Å². The second kappa shape index (κ2) is 10.3. The number of aryl methyl sites for hydroxylation is 1. The molecule has 1 aromatic heterocycles. The molecule has 4 aromatic rings. The molecule has 1 saturated carbocycles. The standard InChI is InChI=1S/C30H31FN4O2/c1-20-16-28(35(34-20)25-9-5-6-22(17-25)19-32)29(36)33-27-18-24(12-13-26(27)31)30(37,15-14-21-10-11-21)23-7-3-2-4-8-23/h2-9,12-13,16-18,21,37H,10-11,14-15,19,32H2,1H3,(H,33,36). The molecule has 0 bridgehead atoms. The maximum atomic E-state index is 15.0. The number of aromatic nitrogens is 2. The molecular formula is C30H31FN4O2. The Morgan fingerprint density at radius 3 is 2.59 bits per heavy atom. The second-order valence-electron chi connectivity index (χ2n) is 9.81. The van der Waals surface area contributed by atoms with Gasteiger partial charge in [0.2, 0.25) is 0 Å². The van der Waals surface area contributed by atoms with Gasteiger partial charge in [-0.25, -0.2) is 9.07 Å². The van der Waals surface area contributed by atoms with E-state index in [4.69, 9.17) is 5.73 Å². The monoisotopic (exact) mass is 498 g/mol. The normalized spacial score (nSPS) is 14.8. The lowest BCUT2D eigenvalue weighted by Gasteiger charge is -2.30. The molecule has 0 radical (unpaired) electrons. The van der Waals surface area contributed by atoms with Gasteiger partial charge in [-0.3, -0.25) is 4.79 Å². The number of anilines is 1. The Morgan fingerprint density at radius 2 is 1.86 bits per heavy atom. The van der Waals surface area contributed by atoms with Gasteiger partial charge < -0.3 is 16.2 Å². The first-order chi connectivity index (χ1) is 17.9. The van der Waals surface area contributed by atoms with Crippen LogP contribution in [0.4, 0.5) is 10.1 Å². The molecule has 5 rings (SSSR count). The van der Waals surface area contributed by atoms with Gasteiger partial charge in [-0.05, 0) is 72.7 Å². The van der Waals surface area contributed by atoms with Crippen LogP contribution in [0.25, 0.3) is 5.69 Å². The third-order valence-corrected chi connectivity index (χ3v) is 7.01. The Labute approximate surface area is 215 Å². The highest BCUT2D eigenvalue weighted by Gasteiger charge is 2.35. The number of nitrogens with zero attached hydrogens (tertiary/aromatic N) is 2. The Bertz CT molecular complexity index is 1410. The summed E-state index contributed by atoms with van der Waals surface area (Å²) >= 11 is 0. The summed E-state index contributed by atoms with van der Waals surface area (Å²) < 4.78 is 16.5. The van der Waals surface area contributed by atoms with Crippen LogP contribution in [0.2, 0.25) is 0 Å². The topological polar surface area (TPSA) is 93.2 Å². The molecule has 1 aliphatic carbocycles. The Balaban J connectivity index is 1.47. The SMILES string of the molecule is Cc1cc(C(=O)Nc2cc(C(O)(CCC3CC3)c3ccccc3)ccc2F)n(-c2cccc(CN)c2)n1. The highest BCUT2D eigenvalue weighted by atomic mass is 19.1. The van der Waals surface area contributed by atoms with E-state index in [9.17, 15) is 14.3 Å². The highest BCUT2D eigenvalue weighted by Crippen LogP contribution is 2.41. The van der Waals surface area contributed by atoms with E-state index in [1.54, 1.807) is 19.1 Å². The molecule has 1 atom stereocenters. The zero-order valence-corrected chi connectivity index (χ0v) is 20.8. The summed E-state index contributed by atoms with van der Waals surface area (Å²) in [6.07, 6.45) is 3.75. The molecule has 0 saturated heterocycles. The largest absolute Gasteiger partial charge is 0.380 e. The van der Waals surface area contributed by atoms with Gasteiger partial charge >= 0.3 is 0 Å². The maximum Gasteiger partial charge on any atom is 0.274 e. The molecule has 190 valence electrons. The maximum absolute atomic E-state index is 15.0. The number of carbonyl (C=O) groups excluding carboxylic acids is 1. The number of benzene rings is 3. The van der Waals surface area contributed by atoms with E-state index in [0.717, 1.165) is 17.5 Å². The van der Waals surface area contributed by atoms with Gasteiger partial charge in [-0.15, -0.1) is 0 Å². The number of halogens is 1. The lowest BCUT2D eigenvalue weighted by molar-refractivity contribution is 0.0669. The van der Waals surface area contributed by atoms with Crippen LogP contribution in [0.15, 0.2) is 78.9 Å². The summed E-state index contributed by atoms with van der Waals surface area (Å²) in [5.74, 6) is -0.463. The van der Waals surface area contributed by atoms with Gasteiger partial charge in [0.15, 0.2) is 0 Å². The van der Waals surface area contributed by atoms with Crippen molar-refractivity contribution in [2.24, 2.45) is 11.7 Å². The van der Waals surface area contributed by atoms with Crippen molar-refractivity contribution in [2.75, 3.05) is 5.32 Å². The van der Waals surface area contributed by atoms with Crippen molar-refractivity contribution in [1.29, 1.82) is 0 Å². The smallest absolute Gasteiger partial charge is 0.274 e. The van der Waals surface area contributed by atoms with Crippen molar-refractivity contribution in [2.45, 2.75) is 44.8 Å². The van der Waals surface area contributed by atoms with Gasteiger partial charge in [0, 0.05) is 6.54 Å². The summed E-state index contributed by atoms with van der Waals surface area (Å²) in [6, 6.07) is 23.0. The van der Waals surface area contributed by atoms with E-state index >= 15 is 0 Å². The van der Waals surface area contributed by atoms with Crippen LogP contribution in [0, 0.1) is 18.7 Å². The lowest BCUT2D eigenvalue weighted by Crippen LogP contribution is -2.28. The number of amides is 1. The number of nitrogens with two attached hydrogens (primary N) is 1. The van der Waals surface area contributed by atoms with E-state index < -0.39 is 17.3 Å². The first-order valence-corrected chi connectivity index (χ1v) is 12.6. The van der Waals surface area contributed by atoms with Crippen molar-refractivity contribution in [1.82, 2.24) is 9.78 Å². The minimum absolute atomic E-state index is 0.00406. The fourth-order valence-corrected chi connectivity index (χ4v) is 4.73. The molecule has 4 N–H and O–H groups in total. The predicted molar refractivity (Wildman–Crippen MR) is 142 cm³/mol. The average molecular weight is 499 g/mol. The minimum Gasteiger partial charge on any atom is -0.380 e. The Hall–Kier alpha value is -3.81. The van der Waals surface area contributed by atoms with Gasteiger partial charge in [0.1, 0.15) is 17.1 Å². The van der Waals surface area contributed by atoms with Gasteiger partial charge in [0.05, 0.1) is 17.1 Å². The molecule has 1 heterocycles. The van der Waals surface area contributed by atoms with E-state index in [-0.39, 0.29) is 11.4 Å². The molecule has 0 spiro atoms. The number of carbonyl (C=O) groups is 1. The van der Waals surface area contributed by atoms with Crippen LogP contribution in [-0.4, -0.2) is 20.8 Å². The highest BCUT2D eigenvalue weighted by molar-refractivity contribution is 6.03. The van der Waals surface area contributed by atoms with Crippen LogP contribution in [-0.2, 0) is 12.1 Å². The molecule has 1 fully saturated rings. The van der Waals surface area contributed by atoms with E-state index in [2.05, 4.69) is 10.4 Å². The van der Waals surface area contributed by atoms with Crippen molar-refractivity contribution >= 4 is 11.6 Å². The van der Waals surface area contributed by atoms with Gasteiger partial charge in [-0.1, -0.05) is 61.4 Å². The molecule has 0 aliphatic heterocycles. The lowest BCUT2D eigenvalue weighted by atomic mass is 9.82. The quantitative estimate of drug-likeness (QED) is 0.286. The van der Waals surface area contributed by atoms with E-state index in [0.29, 0.717) is 35.8 Å². The number of nitrogens with one attached hydrogen (secondary N) is 1. The number of hydrogen-bond donors (Lipinski definition) is 3. The third kappa shape index (κ3) is 5.33. The summed E-state index contributed by atoms with van der Waals surface area (Å²) in [5, 5.41) is 19.1. The fourth-order valence-electron chi connectivity index (χ4n) is 4.73. The summed E-state index contributed by atoms with van der Waals surface area (Å²) in [7, 11) is 0. The average Bonchev–Trinajstić information content (AvgIpc) is 3.67. The molecule has 1 amide bonds. The van der Waals surface area contributed by atoms with Crippen molar-refractivity contribution in [3.05, 3.63) is 113 Å². The van der Waals surface area contributed by atoms with Crippen LogP contribution in [0.5, 0.6) is 0 Å². The Kier molecular flexibility index (Phi) is 6.91. The second-order valence-corrected chi connectivity index (χ2v) is 9.81. The third-order valence-electron chi connectivity index (χ3n) is 7.01. The summed E-state index contributed by atoms with van der Waals surface area (Å²) in [6.45, 7) is 2.15. The molecule has 3 aromatic carbocycles. The van der Waals surface area contributed by atoms with Crippen LogP contribution >= 0.6 is 0 Å². The van der Waals surface area contributed by atoms with Gasteiger partial charge in [-0.2, -0.15) is 5.10 Å². The number of rotatable bonds is 9. The first-order valence-electron chi connectivity index (χ1n) is 12.6. The van der Waals surface area contributed by atoms with Gasteiger partial charge in [0.25, 0.3) is 5.91 Å². The summed E-state index contributed by atoms with van der Waals surface area (Å²) in [4.78, 5) is 13.4. The van der Waals surface area contributed by atoms with Crippen molar-refractivity contribution < 1.29 is 14.3 Å². The fraction of sp³-hybridized carbons (Fsp3) is 0.267. The molecule has 7 heteroatoms. The summed E-state index contributed by atoms with van der Waals surface area (Å²) in [5.41, 5.74) is 8.28. The predicted octanol–water partition coefficient (Wildman–Crippen LogP) is 5.46. The number of aliphatic hydroxyl groups is 1.